The third-order valence-corrected chi connectivity index (χ3v) is 5.27. The fourth-order valence-electron chi connectivity index (χ4n) is 2.49. The molecule has 126 valence electrons. The third kappa shape index (κ3) is 4.72. The second kappa shape index (κ2) is 7.84. The van der Waals surface area contributed by atoms with Gasteiger partial charge in [0.2, 0.25) is 5.91 Å². The number of nitrogens with zero attached hydrogens (tertiary/aromatic N) is 3. The van der Waals surface area contributed by atoms with Gasteiger partial charge in [-0.1, -0.05) is 16.5 Å². The smallest absolute Gasteiger partial charge is 0.219 e. The molecule has 1 saturated heterocycles. The van der Waals surface area contributed by atoms with E-state index in [0.717, 1.165) is 43.1 Å². The van der Waals surface area contributed by atoms with Crippen LogP contribution in [-0.2, 0) is 16.2 Å². The summed E-state index contributed by atoms with van der Waals surface area (Å²) in [6.45, 7) is 10.5. The van der Waals surface area contributed by atoms with E-state index < -0.39 is 11.4 Å². The number of carbonyl (C=O) groups excluding carboxylic acids is 1. The van der Waals surface area contributed by atoms with Gasteiger partial charge in [-0.05, 0) is 32.9 Å². The molecule has 23 heavy (non-hydrogen) atoms. The van der Waals surface area contributed by atoms with Crippen LogP contribution >= 0.6 is 0 Å². The Hall–Kier alpha value is -1.53. The van der Waals surface area contributed by atoms with Gasteiger partial charge in [-0.3, -0.25) is 4.79 Å². The first-order chi connectivity index (χ1) is 10.9. The monoisotopic (exact) mass is 335 g/mol. The van der Waals surface area contributed by atoms with Crippen molar-refractivity contribution in [3.05, 3.63) is 29.8 Å². The van der Waals surface area contributed by atoms with Crippen LogP contribution in [0.1, 0.15) is 33.3 Å². The van der Waals surface area contributed by atoms with Crippen LogP contribution in [0.15, 0.2) is 28.7 Å². The molecular weight excluding hydrogens is 310 g/mol. The standard InChI is InChI=1S/C17H25N3O2S/c1-13(2)23(22)18-14(3)16-5-7-17(8-6-16)20-11-9-19(10-12-20)15(4)21/h5-8,13H,9-12H2,1-4H3. The molecule has 0 bridgehead atoms. The van der Waals surface area contributed by atoms with Crippen molar-refractivity contribution in [2.24, 2.45) is 4.40 Å². The van der Waals surface area contributed by atoms with E-state index in [2.05, 4.69) is 21.4 Å². The number of piperazine rings is 1. The molecule has 1 aromatic rings. The van der Waals surface area contributed by atoms with Crippen LogP contribution < -0.4 is 4.90 Å². The second-order valence-corrected chi connectivity index (χ2v) is 7.72. The average molecular weight is 335 g/mol. The molecule has 1 aromatic carbocycles. The van der Waals surface area contributed by atoms with Crippen molar-refractivity contribution in [2.75, 3.05) is 31.1 Å². The van der Waals surface area contributed by atoms with Crippen LogP contribution in [0.4, 0.5) is 5.69 Å². The Balaban J connectivity index is 2.01. The van der Waals surface area contributed by atoms with Crippen molar-refractivity contribution < 1.29 is 9.35 Å². The van der Waals surface area contributed by atoms with Gasteiger partial charge in [0.15, 0.2) is 0 Å². The lowest BCUT2D eigenvalue weighted by Gasteiger charge is -2.35. The molecule has 2 rings (SSSR count). The Bertz CT molecular complexity index is 564. The molecule has 0 saturated carbocycles. The number of hydrogen-bond donors (Lipinski definition) is 0. The first-order valence-corrected chi connectivity index (χ1v) is 9.12. The third-order valence-electron chi connectivity index (χ3n) is 4.01. The normalized spacial score (nSPS) is 17.6. The van der Waals surface area contributed by atoms with E-state index in [1.54, 1.807) is 6.92 Å². The minimum absolute atomic E-state index is 0.0294. The Kier molecular flexibility index (Phi) is 6.07. The van der Waals surface area contributed by atoms with E-state index in [4.69, 9.17) is 0 Å². The predicted molar refractivity (Wildman–Crippen MR) is 96.4 cm³/mol. The van der Waals surface area contributed by atoms with E-state index in [0.29, 0.717) is 0 Å². The zero-order valence-electron chi connectivity index (χ0n) is 14.3. The van der Waals surface area contributed by atoms with Crippen LogP contribution in [-0.4, -0.2) is 52.5 Å². The zero-order valence-corrected chi connectivity index (χ0v) is 15.1. The molecule has 0 spiro atoms. The summed E-state index contributed by atoms with van der Waals surface area (Å²) in [4.78, 5) is 15.5. The molecule has 1 fully saturated rings. The van der Waals surface area contributed by atoms with Crippen molar-refractivity contribution >= 4 is 28.7 Å². The first-order valence-electron chi connectivity index (χ1n) is 7.95. The maximum absolute atomic E-state index is 11.8. The number of rotatable bonds is 4. The van der Waals surface area contributed by atoms with Gasteiger partial charge >= 0.3 is 0 Å². The lowest BCUT2D eigenvalue weighted by molar-refractivity contribution is -0.129. The molecule has 1 heterocycles. The summed E-state index contributed by atoms with van der Waals surface area (Å²) in [5.41, 5.74) is 2.94. The molecular formula is C17H25N3O2S. The maximum Gasteiger partial charge on any atom is 0.219 e. The number of anilines is 1. The molecule has 5 nitrogen and oxygen atoms in total. The van der Waals surface area contributed by atoms with Crippen LogP contribution in [0.5, 0.6) is 0 Å². The van der Waals surface area contributed by atoms with E-state index in [-0.39, 0.29) is 11.2 Å². The predicted octanol–water partition coefficient (Wildman–Crippen LogP) is 2.24. The Morgan fingerprint density at radius 2 is 1.70 bits per heavy atom. The molecule has 0 radical (unpaired) electrons. The molecule has 1 aliphatic heterocycles. The molecule has 1 unspecified atom stereocenters. The highest BCUT2D eigenvalue weighted by Crippen LogP contribution is 2.18. The van der Waals surface area contributed by atoms with E-state index in [1.807, 2.05) is 37.8 Å². The van der Waals surface area contributed by atoms with E-state index >= 15 is 0 Å². The van der Waals surface area contributed by atoms with Crippen molar-refractivity contribution in [3.8, 4) is 0 Å². The van der Waals surface area contributed by atoms with Crippen LogP contribution in [0.2, 0.25) is 0 Å². The van der Waals surface area contributed by atoms with Crippen molar-refractivity contribution in [1.29, 1.82) is 0 Å². The van der Waals surface area contributed by atoms with Gasteiger partial charge in [-0.25, -0.2) is 0 Å². The number of hydrogen-bond acceptors (Lipinski definition) is 4. The Morgan fingerprint density at radius 3 is 2.17 bits per heavy atom. The van der Waals surface area contributed by atoms with Gasteiger partial charge in [-0.15, -0.1) is 0 Å². The lowest BCUT2D eigenvalue weighted by atomic mass is 10.1. The molecule has 6 heteroatoms. The summed E-state index contributed by atoms with van der Waals surface area (Å²) < 4.78 is 16.1. The second-order valence-electron chi connectivity index (χ2n) is 6.04. The Labute approximate surface area is 141 Å². The zero-order chi connectivity index (χ0) is 17.0. The van der Waals surface area contributed by atoms with Gasteiger partial charge in [-0.2, -0.15) is 0 Å². The Morgan fingerprint density at radius 1 is 1.13 bits per heavy atom. The summed E-state index contributed by atoms with van der Waals surface area (Å²) in [6, 6.07) is 8.16. The molecule has 1 atom stereocenters. The van der Waals surface area contributed by atoms with E-state index in [9.17, 15) is 9.35 Å². The van der Waals surface area contributed by atoms with Crippen LogP contribution in [0, 0.1) is 0 Å². The highest BCUT2D eigenvalue weighted by molar-refractivity contribution is 7.90. The number of amides is 1. The minimum atomic E-state index is -1.18. The molecule has 0 aromatic heterocycles. The molecule has 0 N–H and O–H groups in total. The van der Waals surface area contributed by atoms with Crippen molar-refractivity contribution in [1.82, 2.24) is 4.90 Å². The van der Waals surface area contributed by atoms with Gasteiger partial charge in [0.05, 0.1) is 17.1 Å². The summed E-state index contributed by atoms with van der Waals surface area (Å²) in [5.74, 6) is 0.144. The highest BCUT2D eigenvalue weighted by Gasteiger charge is 2.19. The quantitative estimate of drug-likeness (QED) is 0.626. The van der Waals surface area contributed by atoms with Crippen molar-refractivity contribution in [3.63, 3.8) is 0 Å². The number of benzene rings is 1. The van der Waals surface area contributed by atoms with Gasteiger partial charge in [0, 0.05) is 44.4 Å². The SMILES string of the molecule is CC(=O)N1CCN(c2ccc(C(C)=N[S+]([O-])C(C)C)cc2)CC1. The van der Waals surface area contributed by atoms with Crippen LogP contribution in [0.3, 0.4) is 0 Å². The summed E-state index contributed by atoms with van der Waals surface area (Å²) in [5, 5.41) is 0.0294. The summed E-state index contributed by atoms with van der Waals surface area (Å²) >= 11 is -1.18. The fourth-order valence-corrected chi connectivity index (χ4v) is 3.07. The first kappa shape index (κ1) is 17.8. The summed E-state index contributed by atoms with van der Waals surface area (Å²) in [7, 11) is 0. The van der Waals surface area contributed by atoms with Gasteiger partial charge in [0.25, 0.3) is 0 Å². The molecule has 0 aliphatic carbocycles. The average Bonchev–Trinajstić information content (AvgIpc) is 2.55. The minimum Gasteiger partial charge on any atom is -0.591 e. The van der Waals surface area contributed by atoms with E-state index in [1.165, 1.54) is 0 Å². The molecule has 1 aliphatic rings. The van der Waals surface area contributed by atoms with Gasteiger partial charge in [0.1, 0.15) is 5.25 Å². The molecule has 1 amide bonds. The van der Waals surface area contributed by atoms with Crippen LogP contribution in [0.25, 0.3) is 0 Å². The maximum atomic E-state index is 11.8. The van der Waals surface area contributed by atoms with Crippen molar-refractivity contribution in [2.45, 2.75) is 32.9 Å². The van der Waals surface area contributed by atoms with Gasteiger partial charge < -0.3 is 14.4 Å². The summed E-state index contributed by atoms with van der Waals surface area (Å²) in [6.07, 6.45) is 0. The lowest BCUT2D eigenvalue weighted by Crippen LogP contribution is -2.48. The largest absolute Gasteiger partial charge is 0.591 e. The number of carbonyl (C=O) groups is 1. The topological polar surface area (TPSA) is 59.0 Å². The highest BCUT2D eigenvalue weighted by atomic mass is 32.2. The fraction of sp³-hybridized carbons (Fsp3) is 0.529.